The van der Waals surface area contributed by atoms with E-state index in [9.17, 15) is 4.79 Å². The second-order valence-corrected chi connectivity index (χ2v) is 7.40. The van der Waals surface area contributed by atoms with E-state index in [0.29, 0.717) is 5.92 Å². The second kappa shape index (κ2) is 8.23. The van der Waals surface area contributed by atoms with Crippen LogP contribution in [0.2, 0.25) is 0 Å². The van der Waals surface area contributed by atoms with E-state index in [-0.39, 0.29) is 18.0 Å². The summed E-state index contributed by atoms with van der Waals surface area (Å²) in [5.74, 6) is 2.09. The highest BCUT2D eigenvalue weighted by Crippen LogP contribution is 2.28. The Labute approximate surface area is 150 Å². The molecule has 1 aliphatic heterocycles. The molecular weight excluding hydrogens is 316 g/mol. The zero-order chi connectivity index (χ0) is 18.4. The number of ether oxygens (including phenoxy) is 1. The Morgan fingerprint density at radius 2 is 2.00 bits per heavy atom. The Balaban J connectivity index is 1.89. The summed E-state index contributed by atoms with van der Waals surface area (Å²) >= 11 is 0. The van der Waals surface area contributed by atoms with E-state index in [1.807, 2.05) is 32.9 Å². The van der Waals surface area contributed by atoms with Crippen molar-refractivity contribution >= 4 is 11.9 Å². The first-order valence-corrected chi connectivity index (χ1v) is 8.73. The van der Waals surface area contributed by atoms with Crippen LogP contribution in [-0.4, -0.2) is 56.1 Å². The number of benzene rings is 1. The Bertz CT molecular complexity index is 605. The monoisotopic (exact) mass is 346 g/mol. The SMILES string of the molecule is CN=C(NCC(=O)NC(C)(C)C)N1CCC(c2ccc(OC)cc2)C1. The maximum absolute atomic E-state index is 12.0. The van der Waals surface area contributed by atoms with E-state index in [1.54, 1.807) is 14.2 Å². The standard InChI is InChI=1S/C19H30N4O2/c1-19(2,3)22-17(24)12-21-18(20-4)23-11-10-15(13-23)14-6-8-16(25-5)9-7-14/h6-9,15H,10-13H2,1-5H3,(H,20,21)(H,22,24). The Hall–Kier alpha value is -2.24. The summed E-state index contributed by atoms with van der Waals surface area (Å²) in [6.07, 6.45) is 1.07. The van der Waals surface area contributed by atoms with Crippen LogP contribution in [0.5, 0.6) is 5.75 Å². The van der Waals surface area contributed by atoms with E-state index in [4.69, 9.17) is 4.74 Å². The maximum atomic E-state index is 12.0. The van der Waals surface area contributed by atoms with Crippen LogP contribution < -0.4 is 15.4 Å². The molecule has 6 nitrogen and oxygen atoms in total. The van der Waals surface area contributed by atoms with Gasteiger partial charge in [-0.3, -0.25) is 9.79 Å². The molecule has 1 atom stereocenters. The first-order chi connectivity index (χ1) is 11.8. The van der Waals surface area contributed by atoms with E-state index in [0.717, 1.165) is 31.2 Å². The third-order valence-electron chi connectivity index (χ3n) is 4.21. The topological polar surface area (TPSA) is 66.0 Å². The molecule has 0 spiro atoms. The third-order valence-corrected chi connectivity index (χ3v) is 4.21. The lowest BCUT2D eigenvalue weighted by Gasteiger charge is -2.24. The predicted molar refractivity (Wildman–Crippen MR) is 101 cm³/mol. The molecule has 1 unspecified atom stereocenters. The molecule has 0 radical (unpaired) electrons. The first-order valence-electron chi connectivity index (χ1n) is 8.73. The normalized spacial score (nSPS) is 18.2. The lowest BCUT2D eigenvalue weighted by atomic mass is 9.98. The fourth-order valence-corrected chi connectivity index (χ4v) is 3.05. The van der Waals surface area contributed by atoms with Crippen LogP contribution in [0.15, 0.2) is 29.3 Å². The van der Waals surface area contributed by atoms with Gasteiger partial charge < -0.3 is 20.3 Å². The molecule has 2 rings (SSSR count). The van der Waals surface area contributed by atoms with Gasteiger partial charge in [0, 0.05) is 31.6 Å². The number of likely N-dealkylation sites (tertiary alicyclic amines) is 1. The molecule has 0 aliphatic carbocycles. The molecule has 1 aromatic rings. The molecule has 0 saturated carbocycles. The Morgan fingerprint density at radius 1 is 1.32 bits per heavy atom. The van der Waals surface area contributed by atoms with Gasteiger partial charge in [-0.05, 0) is 44.9 Å². The molecule has 0 aromatic heterocycles. The number of rotatable bonds is 4. The minimum Gasteiger partial charge on any atom is -0.497 e. The lowest BCUT2D eigenvalue weighted by Crippen LogP contribution is -2.48. The van der Waals surface area contributed by atoms with E-state index < -0.39 is 0 Å². The summed E-state index contributed by atoms with van der Waals surface area (Å²) in [4.78, 5) is 18.5. The van der Waals surface area contributed by atoms with E-state index in [2.05, 4.69) is 32.7 Å². The fourth-order valence-electron chi connectivity index (χ4n) is 3.05. The van der Waals surface area contributed by atoms with E-state index in [1.165, 1.54) is 5.56 Å². The van der Waals surface area contributed by atoms with Gasteiger partial charge >= 0.3 is 0 Å². The van der Waals surface area contributed by atoms with Crippen LogP contribution in [0.3, 0.4) is 0 Å². The van der Waals surface area contributed by atoms with Gasteiger partial charge in [-0.15, -0.1) is 0 Å². The zero-order valence-corrected chi connectivity index (χ0v) is 15.9. The Kier molecular flexibility index (Phi) is 6.28. The number of carbonyl (C=O) groups is 1. The number of carbonyl (C=O) groups excluding carboxylic acids is 1. The van der Waals surface area contributed by atoms with Crippen LogP contribution in [0.4, 0.5) is 0 Å². The molecule has 2 N–H and O–H groups in total. The molecule has 25 heavy (non-hydrogen) atoms. The van der Waals surface area contributed by atoms with Gasteiger partial charge in [0.2, 0.25) is 5.91 Å². The van der Waals surface area contributed by atoms with Crippen molar-refractivity contribution in [3.8, 4) is 5.75 Å². The number of methoxy groups -OCH3 is 1. The molecule has 6 heteroatoms. The number of nitrogens with zero attached hydrogens (tertiary/aromatic N) is 2. The van der Waals surface area contributed by atoms with Crippen LogP contribution in [0.25, 0.3) is 0 Å². The molecule has 1 heterocycles. The zero-order valence-electron chi connectivity index (χ0n) is 15.9. The highest BCUT2D eigenvalue weighted by molar-refractivity contribution is 5.86. The largest absolute Gasteiger partial charge is 0.497 e. The van der Waals surface area contributed by atoms with Gasteiger partial charge in [0.25, 0.3) is 0 Å². The molecule has 0 bridgehead atoms. The van der Waals surface area contributed by atoms with Gasteiger partial charge in [0.05, 0.1) is 13.7 Å². The van der Waals surface area contributed by atoms with Gasteiger partial charge in [0.15, 0.2) is 5.96 Å². The first kappa shape index (κ1) is 19.1. The van der Waals surface area contributed by atoms with Gasteiger partial charge in [0.1, 0.15) is 5.75 Å². The number of nitrogens with one attached hydrogen (secondary N) is 2. The molecule has 1 aliphatic rings. The van der Waals surface area contributed by atoms with Crippen molar-refractivity contribution in [3.05, 3.63) is 29.8 Å². The average molecular weight is 346 g/mol. The Morgan fingerprint density at radius 3 is 2.56 bits per heavy atom. The third kappa shape index (κ3) is 5.66. The minimum atomic E-state index is -0.227. The van der Waals surface area contributed by atoms with Gasteiger partial charge in [-0.25, -0.2) is 0 Å². The summed E-state index contributed by atoms with van der Waals surface area (Å²) in [5.41, 5.74) is 1.08. The quantitative estimate of drug-likeness (QED) is 0.646. The number of guanidine groups is 1. The highest BCUT2D eigenvalue weighted by Gasteiger charge is 2.26. The summed E-state index contributed by atoms with van der Waals surface area (Å²) in [7, 11) is 3.43. The van der Waals surface area contributed by atoms with Crippen LogP contribution >= 0.6 is 0 Å². The van der Waals surface area contributed by atoms with Crippen molar-refractivity contribution in [2.24, 2.45) is 4.99 Å². The molecule has 1 fully saturated rings. The van der Waals surface area contributed by atoms with Gasteiger partial charge in [-0.1, -0.05) is 12.1 Å². The lowest BCUT2D eigenvalue weighted by molar-refractivity contribution is -0.121. The molecule has 1 aromatic carbocycles. The van der Waals surface area contributed by atoms with Crippen molar-refractivity contribution in [2.75, 3.05) is 33.8 Å². The summed E-state index contributed by atoms with van der Waals surface area (Å²) < 4.78 is 5.22. The van der Waals surface area contributed by atoms with Crippen molar-refractivity contribution in [3.63, 3.8) is 0 Å². The second-order valence-electron chi connectivity index (χ2n) is 7.40. The summed E-state index contributed by atoms with van der Waals surface area (Å²) in [5, 5.41) is 6.12. The number of aliphatic imine (C=N–C) groups is 1. The molecule has 1 saturated heterocycles. The molecule has 1 amide bonds. The number of hydrogen-bond acceptors (Lipinski definition) is 3. The van der Waals surface area contributed by atoms with Crippen LogP contribution in [0.1, 0.15) is 38.7 Å². The average Bonchev–Trinajstić information content (AvgIpc) is 3.04. The van der Waals surface area contributed by atoms with Crippen molar-refractivity contribution in [1.29, 1.82) is 0 Å². The van der Waals surface area contributed by atoms with Crippen molar-refractivity contribution in [1.82, 2.24) is 15.5 Å². The summed E-state index contributed by atoms with van der Waals surface area (Å²) in [6, 6.07) is 8.25. The van der Waals surface area contributed by atoms with Crippen LogP contribution in [0, 0.1) is 0 Å². The smallest absolute Gasteiger partial charge is 0.239 e. The minimum absolute atomic E-state index is 0.0282. The number of hydrogen-bond donors (Lipinski definition) is 2. The van der Waals surface area contributed by atoms with Gasteiger partial charge in [-0.2, -0.15) is 0 Å². The molecule has 138 valence electrons. The van der Waals surface area contributed by atoms with Crippen LogP contribution in [-0.2, 0) is 4.79 Å². The number of amides is 1. The van der Waals surface area contributed by atoms with Crippen molar-refractivity contribution < 1.29 is 9.53 Å². The summed E-state index contributed by atoms with van der Waals surface area (Å²) in [6.45, 7) is 7.97. The van der Waals surface area contributed by atoms with Crippen molar-refractivity contribution in [2.45, 2.75) is 38.6 Å². The predicted octanol–water partition coefficient (Wildman–Crippen LogP) is 1.97. The fraction of sp³-hybridized carbons (Fsp3) is 0.579. The highest BCUT2D eigenvalue weighted by atomic mass is 16.5. The molecular formula is C19H30N4O2. The maximum Gasteiger partial charge on any atom is 0.239 e. The van der Waals surface area contributed by atoms with E-state index >= 15 is 0 Å².